The van der Waals surface area contributed by atoms with Crippen molar-refractivity contribution in [2.24, 2.45) is 0 Å². The lowest BCUT2D eigenvalue weighted by Crippen LogP contribution is -2.36. The number of rotatable bonds is 6. The summed E-state index contributed by atoms with van der Waals surface area (Å²) in [7, 11) is 0. The first-order valence-electron chi connectivity index (χ1n) is 5.93. The fourth-order valence-electron chi connectivity index (χ4n) is 1.39. The molecule has 0 heterocycles. The van der Waals surface area contributed by atoms with Crippen molar-refractivity contribution >= 4 is 11.9 Å². The molecule has 6 heteroatoms. The molecule has 1 rings (SSSR count). The number of benzene rings is 1. The summed E-state index contributed by atoms with van der Waals surface area (Å²) in [6.45, 7) is 4.00. The monoisotopic (exact) mass is 269 g/mol. The quantitative estimate of drug-likeness (QED) is 0.826. The minimum absolute atomic E-state index is 0.113. The molecule has 2 N–H and O–H groups in total. The van der Waals surface area contributed by atoms with Gasteiger partial charge in [0.2, 0.25) is 0 Å². The van der Waals surface area contributed by atoms with Crippen molar-refractivity contribution in [1.82, 2.24) is 5.32 Å². The van der Waals surface area contributed by atoms with Gasteiger partial charge in [-0.2, -0.15) is 0 Å². The molecule has 0 aliphatic carbocycles. The van der Waals surface area contributed by atoms with Crippen LogP contribution in [0.5, 0.6) is 5.75 Å². The number of halogens is 1. The lowest BCUT2D eigenvalue weighted by atomic mass is 10.2. The standard InChI is InChI=1S/C13H16FNO4/c1-3-6-15-12(16)8(2)19-9-4-5-10(13(17)18)11(14)7-9/h4-5,7-8H,3,6H2,1-2H3,(H,15,16)(H,17,18). The molecule has 0 saturated heterocycles. The van der Waals surface area contributed by atoms with Crippen molar-refractivity contribution in [2.45, 2.75) is 26.4 Å². The minimum atomic E-state index is -1.35. The fourth-order valence-corrected chi connectivity index (χ4v) is 1.39. The number of amides is 1. The van der Waals surface area contributed by atoms with Crippen LogP contribution in [0.4, 0.5) is 4.39 Å². The average Bonchev–Trinajstić information content (AvgIpc) is 2.35. The van der Waals surface area contributed by atoms with Crippen LogP contribution >= 0.6 is 0 Å². The molecule has 1 amide bonds. The zero-order valence-electron chi connectivity index (χ0n) is 10.8. The van der Waals surface area contributed by atoms with E-state index in [0.29, 0.717) is 6.54 Å². The third-order valence-corrected chi connectivity index (χ3v) is 2.40. The predicted molar refractivity (Wildman–Crippen MR) is 66.8 cm³/mol. The summed E-state index contributed by atoms with van der Waals surface area (Å²) in [5.41, 5.74) is -0.435. The molecule has 0 aliphatic heterocycles. The summed E-state index contributed by atoms with van der Waals surface area (Å²) < 4.78 is 18.6. The molecular formula is C13H16FNO4. The van der Waals surface area contributed by atoms with Gasteiger partial charge in [-0.05, 0) is 25.5 Å². The Bertz CT molecular complexity index is 476. The topological polar surface area (TPSA) is 75.6 Å². The average molecular weight is 269 g/mol. The molecule has 0 bridgehead atoms. The highest BCUT2D eigenvalue weighted by Crippen LogP contribution is 2.18. The molecule has 0 spiro atoms. The highest BCUT2D eigenvalue weighted by molar-refractivity contribution is 5.88. The van der Waals surface area contributed by atoms with Gasteiger partial charge in [0, 0.05) is 12.6 Å². The van der Waals surface area contributed by atoms with Crippen LogP contribution in [0.3, 0.4) is 0 Å². The van der Waals surface area contributed by atoms with Crippen LogP contribution in [0.1, 0.15) is 30.6 Å². The summed E-state index contributed by atoms with van der Waals surface area (Å²) in [5, 5.41) is 11.3. The Morgan fingerprint density at radius 3 is 2.68 bits per heavy atom. The Kier molecular flexibility index (Phi) is 5.29. The van der Waals surface area contributed by atoms with Crippen molar-refractivity contribution < 1.29 is 23.8 Å². The van der Waals surface area contributed by atoms with E-state index in [9.17, 15) is 14.0 Å². The molecule has 0 saturated carbocycles. The summed E-state index contributed by atoms with van der Waals surface area (Å²) in [6.07, 6.45) is 0.0297. The molecule has 5 nitrogen and oxygen atoms in total. The first-order valence-corrected chi connectivity index (χ1v) is 5.93. The van der Waals surface area contributed by atoms with E-state index < -0.39 is 23.5 Å². The lowest BCUT2D eigenvalue weighted by Gasteiger charge is -2.14. The molecule has 19 heavy (non-hydrogen) atoms. The molecule has 104 valence electrons. The van der Waals surface area contributed by atoms with E-state index >= 15 is 0 Å². The van der Waals surface area contributed by atoms with Crippen LogP contribution < -0.4 is 10.1 Å². The zero-order valence-corrected chi connectivity index (χ0v) is 10.8. The third kappa shape index (κ3) is 4.24. The molecular weight excluding hydrogens is 253 g/mol. The lowest BCUT2D eigenvalue weighted by molar-refractivity contribution is -0.127. The van der Waals surface area contributed by atoms with Crippen molar-refractivity contribution in [3.05, 3.63) is 29.6 Å². The molecule has 0 aromatic heterocycles. The smallest absolute Gasteiger partial charge is 0.338 e. The molecule has 1 aromatic rings. The maximum Gasteiger partial charge on any atom is 0.338 e. The van der Waals surface area contributed by atoms with Crippen molar-refractivity contribution in [2.75, 3.05) is 6.54 Å². The summed E-state index contributed by atoms with van der Waals surface area (Å²) >= 11 is 0. The van der Waals surface area contributed by atoms with Gasteiger partial charge in [-0.1, -0.05) is 6.92 Å². The van der Waals surface area contributed by atoms with E-state index in [4.69, 9.17) is 9.84 Å². The molecule has 1 atom stereocenters. The number of aromatic carboxylic acids is 1. The summed E-state index contributed by atoms with van der Waals surface area (Å²) in [5.74, 6) is -2.44. The Labute approximate surface area is 110 Å². The number of carbonyl (C=O) groups excluding carboxylic acids is 1. The van der Waals surface area contributed by atoms with Gasteiger partial charge in [-0.3, -0.25) is 4.79 Å². The second-order valence-electron chi connectivity index (χ2n) is 4.00. The fraction of sp³-hybridized carbons (Fsp3) is 0.385. The van der Waals surface area contributed by atoms with E-state index in [0.717, 1.165) is 18.6 Å². The van der Waals surface area contributed by atoms with Gasteiger partial charge in [-0.15, -0.1) is 0 Å². The van der Waals surface area contributed by atoms with Gasteiger partial charge < -0.3 is 15.2 Å². The van der Waals surface area contributed by atoms with E-state index in [-0.39, 0.29) is 11.7 Å². The molecule has 0 radical (unpaired) electrons. The highest BCUT2D eigenvalue weighted by atomic mass is 19.1. The largest absolute Gasteiger partial charge is 0.481 e. The Hall–Kier alpha value is -2.11. The van der Waals surface area contributed by atoms with Gasteiger partial charge >= 0.3 is 5.97 Å². The van der Waals surface area contributed by atoms with Gasteiger partial charge in [0.05, 0.1) is 5.56 Å². The Morgan fingerprint density at radius 1 is 1.47 bits per heavy atom. The number of hydrogen-bond acceptors (Lipinski definition) is 3. The van der Waals surface area contributed by atoms with Crippen LogP contribution in [-0.2, 0) is 4.79 Å². The Morgan fingerprint density at radius 2 is 2.16 bits per heavy atom. The van der Waals surface area contributed by atoms with Gasteiger partial charge in [0.1, 0.15) is 11.6 Å². The molecule has 0 aliphatic rings. The molecule has 1 aromatic carbocycles. The Balaban J connectivity index is 2.69. The number of ether oxygens (including phenoxy) is 1. The highest BCUT2D eigenvalue weighted by Gasteiger charge is 2.16. The summed E-state index contributed by atoms with van der Waals surface area (Å²) in [6, 6.07) is 3.37. The number of carboxylic acids is 1. The van der Waals surface area contributed by atoms with Crippen LogP contribution in [-0.4, -0.2) is 29.6 Å². The number of carboxylic acid groups (broad SMARTS) is 1. The third-order valence-electron chi connectivity index (χ3n) is 2.40. The van der Waals surface area contributed by atoms with Gasteiger partial charge in [-0.25, -0.2) is 9.18 Å². The predicted octanol–water partition coefficient (Wildman–Crippen LogP) is 1.82. The molecule has 1 unspecified atom stereocenters. The minimum Gasteiger partial charge on any atom is -0.481 e. The van der Waals surface area contributed by atoms with Crippen molar-refractivity contribution in [3.63, 3.8) is 0 Å². The maximum atomic E-state index is 13.4. The van der Waals surface area contributed by atoms with E-state index in [1.165, 1.54) is 13.0 Å². The maximum absolute atomic E-state index is 13.4. The van der Waals surface area contributed by atoms with Crippen LogP contribution in [0.25, 0.3) is 0 Å². The van der Waals surface area contributed by atoms with Crippen LogP contribution in [0, 0.1) is 5.82 Å². The first kappa shape index (κ1) is 14.9. The number of hydrogen-bond donors (Lipinski definition) is 2. The van der Waals surface area contributed by atoms with Crippen LogP contribution in [0.2, 0.25) is 0 Å². The zero-order chi connectivity index (χ0) is 14.4. The SMILES string of the molecule is CCCNC(=O)C(C)Oc1ccc(C(=O)O)c(F)c1. The van der Waals surface area contributed by atoms with Gasteiger partial charge in [0.25, 0.3) is 5.91 Å². The molecule has 0 fully saturated rings. The first-order chi connectivity index (χ1) is 8.95. The second kappa shape index (κ2) is 6.72. The number of carbonyl (C=O) groups is 2. The second-order valence-corrected chi connectivity index (χ2v) is 4.00. The summed E-state index contributed by atoms with van der Waals surface area (Å²) in [4.78, 5) is 22.2. The van der Waals surface area contributed by atoms with Crippen molar-refractivity contribution in [3.8, 4) is 5.75 Å². The van der Waals surface area contributed by atoms with Crippen LogP contribution in [0.15, 0.2) is 18.2 Å². The van der Waals surface area contributed by atoms with E-state index in [2.05, 4.69) is 5.32 Å². The van der Waals surface area contributed by atoms with E-state index in [1.807, 2.05) is 6.92 Å². The van der Waals surface area contributed by atoms with Gasteiger partial charge in [0.15, 0.2) is 6.10 Å². The number of nitrogens with one attached hydrogen (secondary N) is 1. The van der Waals surface area contributed by atoms with Crippen molar-refractivity contribution in [1.29, 1.82) is 0 Å². The van der Waals surface area contributed by atoms with E-state index in [1.54, 1.807) is 0 Å². The normalized spacial score (nSPS) is 11.7.